The van der Waals surface area contributed by atoms with Crippen LogP contribution in [0.4, 0.5) is 5.82 Å². The highest BCUT2D eigenvalue weighted by Crippen LogP contribution is 2.42. The summed E-state index contributed by atoms with van der Waals surface area (Å²) in [6, 6.07) is 8.80. The Balaban J connectivity index is 1.87. The lowest BCUT2D eigenvalue weighted by Crippen LogP contribution is -1.92. The molecule has 0 saturated carbocycles. The highest BCUT2D eigenvalue weighted by Gasteiger charge is 2.22. The minimum Gasteiger partial charge on any atom is -0.454 e. The van der Waals surface area contributed by atoms with Crippen molar-refractivity contribution in [3.63, 3.8) is 0 Å². The number of furan rings is 1. The van der Waals surface area contributed by atoms with Crippen molar-refractivity contribution in [2.45, 2.75) is 0 Å². The molecular weight excluding hydrogens is 296 g/mol. The average molecular weight is 305 g/mol. The number of nitrogen functional groups attached to an aromatic ring is 1. The molecule has 0 radical (unpaired) electrons. The van der Waals surface area contributed by atoms with E-state index in [4.69, 9.17) is 35.7 Å². The van der Waals surface area contributed by atoms with Crippen LogP contribution in [-0.4, -0.2) is 11.9 Å². The van der Waals surface area contributed by atoms with Crippen molar-refractivity contribution >= 4 is 17.4 Å². The number of hydrogen-bond donors (Lipinski definition) is 1. The van der Waals surface area contributed by atoms with E-state index in [1.54, 1.807) is 12.1 Å². The summed E-state index contributed by atoms with van der Waals surface area (Å²) in [6.45, 7) is 0.207. The largest absolute Gasteiger partial charge is 0.454 e. The number of rotatable bonds is 2. The van der Waals surface area contributed by atoms with Crippen LogP contribution in [-0.2, 0) is 0 Å². The van der Waals surface area contributed by atoms with Crippen LogP contribution in [0.2, 0.25) is 5.22 Å². The van der Waals surface area contributed by atoms with Gasteiger partial charge in [-0.2, -0.15) is 0 Å². The van der Waals surface area contributed by atoms with Crippen LogP contribution in [0.1, 0.15) is 0 Å². The molecule has 0 amide bonds. The molecule has 1 aliphatic heterocycles. The molecule has 0 saturated heterocycles. The normalized spacial score (nSPS) is 12.8. The molecule has 3 heterocycles. The lowest BCUT2D eigenvalue weighted by Gasteiger charge is -2.02. The van der Waals surface area contributed by atoms with Crippen LogP contribution in [0.15, 0.2) is 39.3 Å². The number of nitrogens with two attached hydrogens (primary N) is 1. The number of ether oxygens (including phenoxy) is 2. The van der Waals surface area contributed by atoms with E-state index in [9.17, 15) is 0 Å². The summed E-state index contributed by atoms with van der Waals surface area (Å²) in [6.07, 6.45) is 0. The molecular formula is C14H9ClN2O4. The number of benzene rings is 1. The second kappa shape index (κ2) is 4.46. The summed E-state index contributed by atoms with van der Waals surface area (Å²) >= 11 is 5.80. The molecule has 0 atom stereocenters. The van der Waals surface area contributed by atoms with Gasteiger partial charge in [0.2, 0.25) is 12.6 Å². The summed E-state index contributed by atoms with van der Waals surface area (Å²) in [4.78, 5) is 0. The standard InChI is InChI=1S/C14H9ClN2O4/c15-11-4-3-9(20-11)13-12(14(16)17-21-13)7-1-2-8-10(5-7)19-6-18-8/h1-5H,6H2,(H2,16,17). The lowest BCUT2D eigenvalue weighted by atomic mass is 10.0. The van der Waals surface area contributed by atoms with E-state index in [0.29, 0.717) is 28.6 Å². The molecule has 0 aliphatic carbocycles. The minimum absolute atomic E-state index is 0.207. The first-order valence-corrected chi connectivity index (χ1v) is 6.51. The highest BCUT2D eigenvalue weighted by atomic mass is 35.5. The van der Waals surface area contributed by atoms with Crippen LogP contribution in [0.3, 0.4) is 0 Å². The van der Waals surface area contributed by atoms with Gasteiger partial charge in [0.1, 0.15) is 0 Å². The molecule has 2 N–H and O–H groups in total. The molecule has 6 nitrogen and oxygen atoms in total. The second-order valence-electron chi connectivity index (χ2n) is 4.44. The van der Waals surface area contributed by atoms with E-state index in [1.165, 1.54) is 0 Å². The Bertz CT molecular complexity index is 824. The second-order valence-corrected chi connectivity index (χ2v) is 4.82. The maximum absolute atomic E-state index is 5.91. The minimum atomic E-state index is 0.207. The SMILES string of the molecule is Nc1noc(-c2ccc(Cl)o2)c1-c1ccc2c(c1)OCO2. The third kappa shape index (κ3) is 1.92. The van der Waals surface area contributed by atoms with Gasteiger partial charge in [-0.25, -0.2) is 0 Å². The number of nitrogens with zero attached hydrogens (tertiary/aromatic N) is 1. The van der Waals surface area contributed by atoms with Gasteiger partial charge in [0.15, 0.2) is 28.3 Å². The van der Waals surface area contributed by atoms with Gasteiger partial charge in [-0.1, -0.05) is 11.2 Å². The van der Waals surface area contributed by atoms with Gasteiger partial charge in [0, 0.05) is 0 Å². The average Bonchev–Trinajstić information content (AvgIpc) is 3.17. The Kier molecular flexibility index (Phi) is 2.58. The van der Waals surface area contributed by atoms with Crippen LogP contribution in [0.5, 0.6) is 11.5 Å². The van der Waals surface area contributed by atoms with Gasteiger partial charge < -0.3 is 24.1 Å². The van der Waals surface area contributed by atoms with E-state index < -0.39 is 0 Å². The number of aromatic nitrogens is 1. The Hall–Kier alpha value is -2.60. The van der Waals surface area contributed by atoms with Gasteiger partial charge >= 0.3 is 0 Å². The van der Waals surface area contributed by atoms with Crippen molar-refractivity contribution in [3.8, 4) is 34.1 Å². The van der Waals surface area contributed by atoms with Crippen molar-refractivity contribution < 1.29 is 18.4 Å². The Labute approximate surface area is 124 Å². The molecule has 3 aromatic rings. The molecule has 4 rings (SSSR count). The molecule has 106 valence electrons. The van der Waals surface area contributed by atoms with E-state index >= 15 is 0 Å². The third-order valence-corrected chi connectivity index (χ3v) is 3.38. The number of hydrogen-bond acceptors (Lipinski definition) is 6. The predicted molar refractivity (Wildman–Crippen MR) is 75.2 cm³/mol. The summed E-state index contributed by atoms with van der Waals surface area (Å²) in [5, 5.41) is 4.06. The zero-order valence-electron chi connectivity index (χ0n) is 10.6. The molecule has 2 aromatic heterocycles. The quantitative estimate of drug-likeness (QED) is 0.779. The predicted octanol–water partition coefficient (Wildman–Crippen LogP) is 3.57. The molecule has 1 aromatic carbocycles. The molecule has 0 spiro atoms. The monoisotopic (exact) mass is 304 g/mol. The van der Waals surface area contributed by atoms with Crippen LogP contribution in [0, 0.1) is 0 Å². The van der Waals surface area contributed by atoms with Crippen LogP contribution < -0.4 is 15.2 Å². The van der Waals surface area contributed by atoms with E-state index in [1.807, 2.05) is 18.2 Å². The smallest absolute Gasteiger partial charge is 0.231 e. The topological polar surface area (TPSA) is 83.7 Å². The summed E-state index contributed by atoms with van der Waals surface area (Å²) in [5.74, 6) is 2.47. The molecule has 0 bridgehead atoms. The molecule has 0 fully saturated rings. The number of anilines is 1. The fourth-order valence-electron chi connectivity index (χ4n) is 2.24. The Morgan fingerprint density at radius 1 is 1.10 bits per heavy atom. The summed E-state index contributed by atoms with van der Waals surface area (Å²) in [5.41, 5.74) is 7.33. The van der Waals surface area contributed by atoms with E-state index in [0.717, 1.165) is 5.56 Å². The first-order chi connectivity index (χ1) is 10.2. The van der Waals surface area contributed by atoms with Crippen LogP contribution >= 0.6 is 11.6 Å². The zero-order valence-corrected chi connectivity index (χ0v) is 11.4. The van der Waals surface area contributed by atoms with Gasteiger partial charge in [0.05, 0.1) is 5.56 Å². The summed E-state index contributed by atoms with van der Waals surface area (Å²) in [7, 11) is 0. The van der Waals surface area contributed by atoms with Crippen molar-refractivity contribution in [1.29, 1.82) is 0 Å². The molecule has 21 heavy (non-hydrogen) atoms. The van der Waals surface area contributed by atoms with Gasteiger partial charge in [-0.15, -0.1) is 0 Å². The molecule has 7 heteroatoms. The molecule has 1 aliphatic rings. The van der Waals surface area contributed by atoms with E-state index in [2.05, 4.69) is 5.16 Å². The van der Waals surface area contributed by atoms with Gasteiger partial charge in [-0.3, -0.25) is 0 Å². The van der Waals surface area contributed by atoms with Crippen molar-refractivity contribution in [2.24, 2.45) is 0 Å². The third-order valence-electron chi connectivity index (χ3n) is 3.18. The Morgan fingerprint density at radius 3 is 2.76 bits per heavy atom. The lowest BCUT2D eigenvalue weighted by molar-refractivity contribution is 0.174. The zero-order chi connectivity index (χ0) is 14.4. The first kappa shape index (κ1) is 12.2. The number of fused-ring (bicyclic) bond motifs is 1. The fraction of sp³-hybridized carbons (Fsp3) is 0.0714. The summed E-state index contributed by atoms with van der Waals surface area (Å²) < 4.78 is 21.3. The first-order valence-electron chi connectivity index (χ1n) is 6.13. The van der Waals surface area contributed by atoms with Gasteiger partial charge in [0.25, 0.3) is 0 Å². The maximum atomic E-state index is 5.91. The fourth-order valence-corrected chi connectivity index (χ4v) is 2.38. The highest BCUT2D eigenvalue weighted by molar-refractivity contribution is 6.29. The Morgan fingerprint density at radius 2 is 1.95 bits per heavy atom. The maximum Gasteiger partial charge on any atom is 0.231 e. The van der Waals surface area contributed by atoms with E-state index in [-0.39, 0.29) is 17.8 Å². The van der Waals surface area contributed by atoms with Crippen molar-refractivity contribution in [3.05, 3.63) is 35.6 Å². The number of halogens is 1. The van der Waals surface area contributed by atoms with Crippen molar-refractivity contribution in [1.82, 2.24) is 5.16 Å². The molecule has 0 unspecified atom stereocenters. The van der Waals surface area contributed by atoms with Crippen molar-refractivity contribution in [2.75, 3.05) is 12.5 Å². The van der Waals surface area contributed by atoms with Gasteiger partial charge in [-0.05, 0) is 41.4 Å². The van der Waals surface area contributed by atoms with Crippen LogP contribution in [0.25, 0.3) is 22.6 Å².